The van der Waals surface area contributed by atoms with Gasteiger partial charge in [0.15, 0.2) is 6.29 Å². The van der Waals surface area contributed by atoms with Crippen LogP contribution in [0.1, 0.15) is 0 Å². The fraction of sp³-hybridized carbons (Fsp3) is 0.375. The molecule has 2 heterocycles. The SMILES string of the molecule is COc1ccc(OC)c(-c2ccc(SCC3OCCO3)nn2)c1. The molecule has 0 saturated carbocycles. The van der Waals surface area contributed by atoms with Crippen LogP contribution in [0.2, 0.25) is 0 Å². The largest absolute Gasteiger partial charge is 0.497 e. The summed E-state index contributed by atoms with van der Waals surface area (Å²) in [5.74, 6) is 2.18. The maximum atomic E-state index is 5.40. The molecule has 7 heteroatoms. The Kier molecular flexibility index (Phi) is 5.32. The fourth-order valence-corrected chi connectivity index (χ4v) is 2.97. The van der Waals surface area contributed by atoms with E-state index in [0.717, 1.165) is 27.8 Å². The number of thioether (sulfide) groups is 1. The molecule has 1 aliphatic rings. The van der Waals surface area contributed by atoms with Crippen molar-refractivity contribution in [2.24, 2.45) is 0 Å². The molecule has 6 nitrogen and oxygen atoms in total. The van der Waals surface area contributed by atoms with Crippen molar-refractivity contribution in [3.63, 3.8) is 0 Å². The van der Waals surface area contributed by atoms with E-state index in [1.54, 1.807) is 26.0 Å². The van der Waals surface area contributed by atoms with Crippen LogP contribution in [-0.2, 0) is 9.47 Å². The van der Waals surface area contributed by atoms with Crippen LogP contribution in [-0.4, -0.2) is 49.7 Å². The maximum Gasteiger partial charge on any atom is 0.167 e. The fourth-order valence-electron chi connectivity index (χ4n) is 2.21. The molecule has 23 heavy (non-hydrogen) atoms. The van der Waals surface area contributed by atoms with E-state index in [-0.39, 0.29) is 6.29 Å². The van der Waals surface area contributed by atoms with Gasteiger partial charge >= 0.3 is 0 Å². The molecule has 0 bridgehead atoms. The zero-order chi connectivity index (χ0) is 16.1. The molecule has 0 radical (unpaired) electrons. The monoisotopic (exact) mass is 334 g/mol. The molecule has 2 aromatic rings. The van der Waals surface area contributed by atoms with Crippen LogP contribution < -0.4 is 9.47 Å². The van der Waals surface area contributed by atoms with Crippen LogP contribution in [0.5, 0.6) is 11.5 Å². The van der Waals surface area contributed by atoms with E-state index in [4.69, 9.17) is 18.9 Å². The van der Waals surface area contributed by atoms with Gasteiger partial charge in [-0.15, -0.1) is 10.2 Å². The van der Waals surface area contributed by atoms with Crippen molar-refractivity contribution in [2.45, 2.75) is 11.3 Å². The van der Waals surface area contributed by atoms with Gasteiger partial charge in [0.25, 0.3) is 0 Å². The third kappa shape index (κ3) is 3.93. The molecule has 1 aliphatic heterocycles. The van der Waals surface area contributed by atoms with Gasteiger partial charge < -0.3 is 18.9 Å². The zero-order valence-corrected chi connectivity index (χ0v) is 13.8. The molecule has 1 aromatic heterocycles. The summed E-state index contributed by atoms with van der Waals surface area (Å²) in [6, 6.07) is 9.44. The second-order valence-corrected chi connectivity index (χ2v) is 5.85. The first-order valence-electron chi connectivity index (χ1n) is 7.22. The number of aromatic nitrogens is 2. The predicted molar refractivity (Wildman–Crippen MR) is 87.0 cm³/mol. The highest BCUT2D eigenvalue weighted by molar-refractivity contribution is 7.99. The van der Waals surface area contributed by atoms with Crippen molar-refractivity contribution >= 4 is 11.8 Å². The summed E-state index contributed by atoms with van der Waals surface area (Å²) >= 11 is 1.56. The summed E-state index contributed by atoms with van der Waals surface area (Å²) in [5, 5.41) is 9.37. The van der Waals surface area contributed by atoms with Gasteiger partial charge in [-0.3, -0.25) is 0 Å². The molecule has 1 aromatic carbocycles. The summed E-state index contributed by atoms with van der Waals surface area (Å²) in [7, 11) is 3.26. The number of hydrogen-bond donors (Lipinski definition) is 0. The van der Waals surface area contributed by atoms with E-state index in [2.05, 4.69) is 10.2 Å². The Bertz CT molecular complexity index is 645. The first-order valence-corrected chi connectivity index (χ1v) is 8.21. The molecule has 0 N–H and O–H groups in total. The predicted octanol–water partition coefficient (Wildman–Crippen LogP) is 2.63. The van der Waals surface area contributed by atoms with Crippen molar-refractivity contribution in [1.29, 1.82) is 0 Å². The standard InChI is InChI=1S/C16H18N2O4S/c1-19-11-3-5-14(20-2)12(9-11)13-4-6-15(18-17-13)23-10-16-21-7-8-22-16/h3-6,9,16H,7-8,10H2,1-2H3. The molecule has 122 valence electrons. The molecule has 0 aliphatic carbocycles. The van der Waals surface area contributed by atoms with E-state index in [1.807, 2.05) is 30.3 Å². The minimum atomic E-state index is -0.153. The van der Waals surface area contributed by atoms with Crippen LogP contribution in [0.4, 0.5) is 0 Å². The lowest BCUT2D eigenvalue weighted by Crippen LogP contribution is -2.10. The van der Waals surface area contributed by atoms with E-state index in [1.165, 1.54) is 0 Å². The average Bonchev–Trinajstić information content (AvgIpc) is 3.13. The van der Waals surface area contributed by atoms with Gasteiger partial charge in [0.2, 0.25) is 0 Å². The van der Waals surface area contributed by atoms with Crippen molar-refractivity contribution in [1.82, 2.24) is 10.2 Å². The lowest BCUT2D eigenvalue weighted by atomic mass is 10.1. The Morgan fingerprint density at radius 3 is 2.57 bits per heavy atom. The Hall–Kier alpha value is -1.83. The highest BCUT2D eigenvalue weighted by atomic mass is 32.2. The van der Waals surface area contributed by atoms with Gasteiger partial charge in [0.05, 0.1) is 38.9 Å². The van der Waals surface area contributed by atoms with Crippen molar-refractivity contribution in [3.8, 4) is 22.8 Å². The summed E-state index contributed by atoms with van der Waals surface area (Å²) in [6.45, 7) is 1.32. The maximum absolute atomic E-state index is 5.40. The third-order valence-corrected chi connectivity index (χ3v) is 4.33. The molecule has 3 rings (SSSR count). The van der Waals surface area contributed by atoms with Crippen LogP contribution >= 0.6 is 11.8 Å². The quantitative estimate of drug-likeness (QED) is 0.753. The summed E-state index contributed by atoms with van der Waals surface area (Å²) < 4.78 is 21.4. The van der Waals surface area contributed by atoms with E-state index >= 15 is 0 Å². The molecular formula is C16H18N2O4S. The number of ether oxygens (including phenoxy) is 4. The highest BCUT2D eigenvalue weighted by Crippen LogP contribution is 2.32. The van der Waals surface area contributed by atoms with Crippen LogP contribution in [0, 0.1) is 0 Å². The molecule has 0 spiro atoms. The van der Waals surface area contributed by atoms with Crippen LogP contribution in [0.15, 0.2) is 35.4 Å². The second-order valence-electron chi connectivity index (χ2n) is 4.81. The number of benzene rings is 1. The third-order valence-electron chi connectivity index (χ3n) is 3.38. The van der Waals surface area contributed by atoms with Crippen molar-refractivity contribution in [3.05, 3.63) is 30.3 Å². The van der Waals surface area contributed by atoms with Gasteiger partial charge in [0, 0.05) is 5.56 Å². The molecule has 0 atom stereocenters. The van der Waals surface area contributed by atoms with Gasteiger partial charge in [-0.2, -0.15) is 0 Å². The molecule has 1 fully saturated rings. The average molecular weight is 334 g/mol. The smallest absolute Gasteiger partial charge is 0.167 e. The first kappa shape index (κ1) is 16.0. The summed E-state index contributed by atoms with van der Waals surface area (Å²) in [6.07, 6.45) is -0.153. The Labute approximate surface area is 139 Å². The number of rotatable bonds is 6. The molecule has 1 saturated heterocycles. The lowest BCUT2D eigenvalue weighted by Gasteiger charge is -2.10. The van der Waals surface area contributed by atoms with E-state index in [9.17, 15) is 0 Å². The second kappa shape index (κ2) is 7.63. The van der Waals surface area contributed by atoms with E-state index < -0.39 is 0 Å². The van der Waals surface area contributed by atoms with E-state index in [0.29, 0.717) is 19.0 Å². The highest BCUT2D eigenvalue weighted by Gasteiger charge is 2.16. The van der Waals surface area contributed by atoms with Gasteiger partial charge in [0.1, 0.15) is 16.5 Å². The van der Waals surface area contributed by atoms with Crippen molar-refractivity contribution in [2.75, 3.05) is 33.2 Å². The normalized spacial score (nSPS) is 14.9. The minimum Gasteiger partial charge on any atom is -0.497 e. The van der Waals surface area contributed by atoms with Crippen molar-refractivity contribution < 1.29 is 18.9 Å². The molecule has 0 unspecified atom stereocenters. The lowest BCUT2D eigenvalue weighted by molar-refractivity contribution is -0.0214. The van der Waals surface area contributed by atoms with Gasteiger partial charge in [-0.25, -0.2) is 0 Å². The van der Waals surface area contributed by atoms with Crippen LogP contribution in [0.3, 0.4) is 0 Å². The number of methoxy groups -OCH3 is 2. The van der Waals surface area contributed by atoms with Crippen LogP contribution in [0.25, 0.3) is 11.3 Å². The molecule has 0 amide bonds. The first-order chi connectivity index (χ1) is 11.3. The summed E-state index contributed by atoms with van der Waals surface area (Å²) in [5.41, 5.74) is 1.58. The van der Waals surface area contributed by atoms with Gasteiger partial charge in [-0.1, -0.05) is 11.8 Å². The summed E-state index contributed by atoms with van der Waals surface area (Å²) in [4.78, 5) is 0. The minimum absolute atomic E-state index is 0.153. The topological polar surface area (TPSA) is 62.7 Å². The number of nitrogens with zero attached hydrogens (tertiary/aromatic N) is 2. The Morgan fingerprint density at radius 2 is 1.91 bits per heavy atom. The Morgan fingerprint density at radius 1 is 1.09 bits per heavy atom. The molecular weight excluding hydrogens is 316 g/mol. The Balaban J connectivity index is 1.73. The zero-order valence-electron chi connectivity index (χ0n) is 13.0. The van der Waals surface area contributed by atoms with Gasteiger partial charge in [-0.05, 0) is 30.3 Å². The number of hydrogen-bond acceptors (Lipinski definition) is 7.